The van der Waals surface area contributed by atoms with E-state index in [1.54, 1.807) is 0 Å². The fourth-order valence-electron chi connectivity index (χ4n) is 1.70. The summed E-state index contributed by atoms with van der Waals surface area (Å²) >= 11 is 3.53. The molecular formula is C14H21BrO2. The van der Waals surface area contributed by atoms with Crippen LogP contribution in [0.5, 0.6) is 0 Å². The normalized spacial score (nSPS) is 13.0. The molecule has 96 valence electrons. The van der Waals surface area contributed by atoms with Crippen LogP contribution < -0.4 is 0 Å². The number of benzene rings is 1. The minimum atomic E-state index is 0.211. The first-order valence-corrected chi connectivity index (χ1v) is 6.88. The lowest BCUT2D eigenvalue weighted by atomic mass is 9.97. The van der Waals surface area contributed by atoms with E-state index in [1.165, 1.54) is 5.56 Å². The summed E-state index contributed by atoms with van der Waals surface area (Å²) in [5.74, 6) is 0.271. The van der Waals surface area contributed by atoms with Gasteiger partial charge in [-0.1, -0.05) is 34.1 Å². The Balaban J connectivity index is 2.44. The lowest BCUT2D eigenvalue weighted by Gasteiger charge is -2.16. The van der Waals surface area contributed by atoms with Crippen LogP contribution >= 0.6 is 15.9 Å². The van der Waals surface area contributed by atoms with Crippen LogP contribution in [0.15, 0.2) is 28.7 Å². The SMILES string of the molecule is CC(C)OCCC(CO)Cc1ccccc1Br. The molecule has 0 aliphatic heterocycles. The molecule has 0 fully saturated rings. The van der Waals surface area contributed by atoms with Crippen molar-refractivity contribution in [2.45, 2.75) is 32.8 Å². The fraction of sp³-hybridized carbons (Fsp3) is 0.571. The van der Waals surface area contributed by atoms with Crippen LogP contribution in [0.25, 0.3) is 0 Å². The first kappa shape index (κ1) is 14.7. The van der Waals surface area contributed by atoms with E-state index in [9.17, 15) is 5.11 Å². The zero-order valence-electron chi connectivity index (χ0n) is 10.5. The molecule has 2 nitrogen and oxygen atoms in total. The van der Waals surface area contributed by atoms with E-state index in [1.807, 2.05) is 32.0 Å². The van der Waals surface area contributed by atoms with Crippen LogP contribution in [0.4, 0.5) is 0 Å². The highest BCUT2D eigenvalue weighted by molar-refractivity contribution is 9.10. The summed E-state index contributed by atoms with van der Waals surface area (Å²) < 4.78 is 6.63. The molecule has 0 heterocycles. The van der Waals surface area contributed by atoms with E-state index < -0.39 is 0 Å². The Kier molecular flexibility index (Phi) is 6.78. The van der Waals surface area contributed by atoms with E-state index >= 15 is 0 Å². The minimum absolute atomic E-state index is 0.211. The Bertz CT molecular complexity index is 326. The molecule has 0 radical (unpaired) electrons. The zero-order chi connectivity index (χ0) is 12.7. The number of hydrogen-bond donors (Lipinski definition) is 1. The molecule has 0 spiro atoms. The van der Waals surface area contributed by atoms with Crippen molar-refractivity contribution >= 4 is 15.9 Å². The molecule has 0 aliphatic rings. The van der Waals surface area contributed by atoms with Crippen LogP contribution in [0.3, 0.4) is 0 Å². The second kappa shape index (κ2) is 7.85. The van der Waals surface area contributed by atoms with Crippen molar-refractivity contribution < 1.29 is 9.84 Å². The smallest absolute Gasteiger partial charge is 0.0518 e. The molecule has 1 aromatic rings. The van der Waals surface area contributed by atoms with E-state index in [0.717, 1.165) is 17.3 Å². The molecule has 0 aliphatic carbocycles. The van der Waals surface area contributed by atoms with Gasteiger partial charge in [0.15, 0.2) is 0 Å². The first-order valence-electron chi connectivity index (χ1n) is 6.09. The molecule has 1 atom stereocenters. The maximum atomic E-state index is 9.37. The molecule has 0 bridgehead atoms. The summed E-state index contributed by atoms with van der Waals surface area (Å²) in [5, 5.41) is 9.37. The van der Waals surface area contributed by atoms with Crippen molar-refractivity contribution in [3.8, 4) is 0 Å². The monoisotopic (exact) mass is 300 g/mol. The molecule has 0 amide bonds. The van der Waals surface area contributed by atoms with Crippen molar-refractivity contribution in [2.24, 2.45) is 5.92 Å². The number of aliphatic hydroxyl groups is 1. The highest BCUT2D eigenvalue weighted by Gasteiger charge is 2.10. The second-order valence-electron chi connectivity index (χ2n) is 4.55. The van der Waals surface area contributed by atoms with Crippen LogP contribution in [0.2, 0.25) is 0 Å². The van der Waals surface area contributed by atoms with E-state index in [2.05, 4.69) is 22.0 Å². The molecule has 17 heavy (non-hydrogen) atoms. The van der Waals surface area contributed by atoms with Gasteiger partial charge in [-0.25, -0.2) is 0 Å². The van der Waals surface area contributed by atoms with Gasteiger partial charge in [0.1, 0.15) is 0 Å². The summed E-state index contributed by atoms with van der Waals surface area (Å²) in [7, 11) is 0. The van der Waals surface area contributed by atoms with Crippen molar-refractivity contribution in [1.29, 1.82) is 0 Å². The summed E-state index contributed by atoms with van der Waals surface area (Å²) in [6.07, 6.45) is 2.05. The number of hydrogen-bond acceptors (Lipinski definition) is 2. The molecule has 0 aromatic heterocycles. The second-order valence-corrected chi connectivity index (χ2v) is 5.41. The summed E-state index contributed by atoms with van der Waals surface area (Å²) in [4.78, 5) is 0. The number of aliphatic hydroxyl groups excluding tert-OH is 1. The van der Waals surface area contributed by atoms with Crippen molar-refractivity contribution in [2.75, 3.05) is 13.2 Å². The van der Waals surface area contributed by atoms with Crippen LogP contribution in [0.1, 0.15) is 25.8 Å². The van der Waals surface area contributed by atoms with Crippen molar-refractivity contribution in [3.05, 3.63) is 34.3 Å². The summed E-state index contributed by atoms with van der Waals surface area (Å²) in [6.45, 7) is 4.99. The van der Waals surface area contributed by atoms with Gasteiger partial charge in [0, 0.05) is 17.7 Å². The van der Waals surface area contributed by atoms with Gasteiger partial charge in [-0.15, -0.1) is 0 Å². The van der Waals surface area contributed by atoms with Crippen LogP contribution in [-0.2, 0) is 11.2 Å². The lowest BCUT2D eigenvalue weighted by Crippen LogP contribution is -2.15. The van der Waals surface area contributed by atoms with Gasteiger partial charge in [0.05, 0.1) is 6.10 Å². The average Bonchev–Trinajstić information content (AvgIpc) is 2.30. The topological polar surface area (TPSA) is 29.5 Å². The molecule has 0 saturated heterocycles. The van der Waals surface area contributed by atoms with Gasteiger partial charge in [0.25, 0.3) is 0 Å². The highest BCUT2D eigenvalue weighted by Crippen LogP contribution is 2.20. The Hall–Kier alpha value is -0.380. The standard InChI is InChI=1S/C14H21BrO2/c1-11(2)17-8-7-12(10-16)9-13-5-3-4-6-14(13)15/h3-6,11-12,16H,7-10H2,1-2H3. The van der Waals surface area contributed by atoms with Crippen molar-refractivity contribution in [3.63, 3.8) is 0 Å². The Morgan fingerprint density at radius 3 is 2.59 bits per heavy atom. The quantitative estimate of drug-likeness (QED) is 0.836. The predicted molar refractivity (Wildman–Crippen MR) is 74.1 cm³/mol. The molecule has 1 aromatic carbocycles. The molecule has 1 rings (SSSR count). The number of halogens is 1. The first-order chi connectivity index (χ1) is 8.13. The molecule has 1 N–H and O–H groups in total. The molecule has 0 saturated carbocycles. The maximum absolute atomic E-state index is 9.37. The van der Waals surface area contributed by atoms with Gasteiger partial charge < -0.3 is 9.84 Å². The van der Waals surface area contributed by atoms with Gasteiger partial charge >= 0.3 is 0 Å². The third-order valence-electron chi connectivity index (χ3n) is 2.70. The largest absolute Gasteiger partial charge is 0.396 e. The van der Waals surface area contributed by atoms with E-state index in [-0.39, 0.29) is 18.6 Å². The predicted octanol–water partition coefficient (Wildman–Crippen LogP) is 3.42. The van der Waals surface area contributed by atoms with Gasteiger partial charge in [-0.3, -0.25) is 0 Å². The third kappa shape index (κ3) is 5.66. The third-order valence-corrected chi connectivity index (χ3v) is 3.48. The summed E-state index contributed by atoms with van der Waals surface area (Å²) in [6, 6.07) is 8.16. The Labute approximate surface area is 112 Å². The lowest BCUT2D eigenvalue weighted by molar-refractivity contribution is 0.0612. The average molecular weight is 301 g/mol. The molecular weight excluding hydrogens is 280 g/mol. The zero-order valence-corrected chi connectivity index (χ0v) is 12.1. The molecule has 1 unspecified atom stereocenters. The van der Waals surface area contributed by atoms with Gasteiger partial charge in [0.2, 0.25) is 0 Å². The van der Waals surface area contributed by atoms with E-state index in [0.29, 0.717) is 6.61 Å². The van der Waals surface area contributed by atoms with Crippen LogP contribution in [0, 0.1) is 5.92 Å². The summed E-state index contributed by atoms with van der Waals surface area (Å²) in [5.41, 5.74) is 1.25. The number of rotatable bonds is 7. The van der Waals surface area contributed by atoms with Gasteiger partial charge in [-0.05, 0) is 44.2 Å². The highest BCUT2D eigenvalue weighted by atomic mass is 79.9. The minimum Gasteiger partial charge on any atom is -0.396 e. The number of ether oxygens (including phenoxy) is 1. The van der Waals surface area contributed by atoms with Crippen LogP contribution in [-0.4, -0.2) is 24.4 Å². The maximum Gasteiger partial charge on any atom is 0.0518 e. The van der Waals surface area contributed by atoms with Gasteiger partial charge in [-0.2, -0.15) is 0 Å². The Morgan fingerprint density at radius 1 is 1.29 bits per heavy atom. The molecule has 3 heteroatoms. The van der Waals surface area contributed by atoms with E-state index in [4.69, 9.17) is 4.74 Å². The fourth-order valence-corrected chi connectivity index (χ4v) is 2.15. The van der Waals surface area contributed by atoms with Crippen molar-refractivity contribution in [1.82, 2.24) is 0 Å². The Morgan fingerprint density at radius 2 is 2.00 bits per heavy atom.